The second-order valence-corrected chi connectivity index (χ2v) is 9.91. The van der Waals surface area contributed by atoms with E-state index in [1.165, 1.54) is 21.3 Å². The Labute approximate surface area is 185 Å². The molecular weight excluding hydrogens is 436 g/mol. The Kier molecular flexibility index (Phi) is 5.80. The van der Waals surface area contributed by atoms with E-state index >= 15 is 0 Å². The molecule has 2 amide bonds. The third-order valence-electron chi connectivity index (χ3n) is 5.98. The Hall–Kier alpha value is -3.15. The number of anilines is 1. The molecule has 0 spiro atoms. The monoisotopic (exact) mass is 459 g/mol. The zero-order valence-electron chi connectivity index (χ0n) is 17.4. The fourth-order valence-electron chi connectivity index (χ4n) is 4.17. The predicted octanol–water partition coefficient (Wildman–Crippen LogP) is 0.125. The fourth-order valence-corrected chi connectivity index (χ4v) is 5.61. The number of aryl methyl sites for hydroxylation is 1. The minimum atomic E-state index is -3.80. The second-order valence-electron chi connectivity index (χ2n) is 7.97. The van der Waals surface area contributed by atoms with Crippen molar-refractivity contribution in [1.29, 1.82) is 0 Å². The van der Waals surface area contributed by atoms with Crippen molar-refractivity contribution in [2.75, 3.05) is 31.1 Å². The topological polar surface area (TPSA) is 122 Å². The van der Waals surface area contributed by atoms with Crippen LogP contribution < -0.4 is 9.80 Å². The maximum atomic E-state index is 13.0. The molecule has 2 aromatic carbocycles. The number of rotatable bonds is 5. The van der Waals surface area contributed by atoms with Gasteiger partial charge in [-0.1, -0.05) is 17.7 Å². The zero-order chi connectivity index (χ0) is 23.0. The van der Waals surface area contributed by atoms with Crippen LogP contribution in [0.25, 0.3) is 0 Å². The summed E-state index contributed by atoms with van der Waals surface area (Å²) in [7, 11) is -3.80. The number of quaternary nitrogens is 1. The first kappa shape index (κ1) is 22.1. The lowest BCUT2D eigenvalue weighted by Crippen LogP contribution is -3.19. The summed E-state index contributed by atoms with van der Waals surface area (Å²) in [6.07, 6.45) is 0.0944. The van der Waals surface area contributed by atoms with Gasteiger partial charge in [-0.15, -0.1) is 0 Å². The molecule has 2 aromatic rings. The van der Waals surface area contributed by atoms with Crippen LogP contribution in [0.15, 0.2) is 53.4 Å². The summed E-state index contributed by atoms with van der Waals surface area (Å²) in [6.45, 7) is 3.08. The number of carbonyl (C=O) groups excluding carboxylic acids is 2. The van der Waals surface area contributed by atoms with Crippen molar-refractivity contribution in [3.8, 4) is 0 Å². The first-order chi connectivity index (χ1) is 15.2. The third-order valence-corrected chi connectivity index (χ3v) is 7.89. The van der Waals surface area contributed by atoms with Gasteiger partial charge >= 0.3 is 0 Å². The standard InChI is InChI=1S/C21H22N4O6S/c1-15-2-4-16(5-3-15)24-20(26)14-19(21(24)27)22-10-12-23(13-11-22)32(30,31)18-8-6-17(7-9-18)25(28)29/h2-9,19H,10-14H2,1H3/p+1/t19-/m0/s1. The molecule has 4 rings (SSSR count). The van der Waals surface area contributed by atoms with Crippen LogP contribution in [0.1, 0.15) is 12.0 Å². The van der Waals surface area contributed by atoms with Crippen LogP contribution in [-0.4, -0.2) is 61.7 Å². The number of non-ortho nitro benzene ring substituents is 1. The van der Waals surface area contributed by atoms with E-state index in [1.54, 1.807) is 12.1 Å². The predicted molar refractivity (Wildman–Crippen MR) is 115 cm³/mol. The number of sulfonamides is 1. The highest BCUT2D eigenvalue weighted by Crippen LogP contribution is 2.23. The molecule has 10 nitrogen and oxygen atoms in total. The molecule has 2 saturated heterocycles. The molecular formula is C21H23N4O6S+. The highest BCUT2D eigenvalue weighted by Gasteiger charge is 2.47. The molecule has 2 aliphatic rings. The van der Waals surface area contributed by atoms with Crippen LogP contribution >= 0.6 is 0 Å². The SMILES string of the molecule is Cc1ccc(N2C(=O)C[C@H]([NH+]3CCN(S(=O)(=O)c4ccc([N+](=O)[O-])cc4)CC3)C2=O)cc1. The van der Waals surface area contributed by atoms with Crippen molar-refractivity contribution in [2.24, 2.45) is 0 Å². The first-order valence-corrected chi connectivity index (χ1v) is 11.6. The largest absolute Gasteiger partial charge is 0.322 e. The fraction of sp³-hybridized carbons (Fsp3) is 0.333. The molecule has 2 heterocycles. The highest BCUT2D eigenvalue weighted by molar-refractivity contribution is 7.89. The average Bonchev–Trinajstić information content (AvgIpc) is 3.08. The minimum absolute atomic E-state index is 0.00998. The summed E-state index contributed by atoms with van der Waals surface area (Å²) >= 11 is 0. The van der Waals surface area contributed by atoms with Gasteiger partial charge in [-0.05, 0) is 31.2 Å². The van der Waals surface area contributed by atoms with Gasteiger partial charge in [0, 0.05) is 12.1 Å². The summed E-state index contributed by atoms with van der Waals surface area (Å²) in [5.74, 6) is -0.516. The van der Waals surface area contributed by atoms with E-state index in [1.807, 2.05) is 19.1 Å². The van der Waals surface area contributed by atoms with E-state index in [0.717, 1.165) is 22.6 Å². The molecule has 0 aromatic heterocycles. The number of benzene rings is 2. The van der Waals surface area contributed by atoms with Crippen LogP contribution in [0, 0.1) is 17.0 Å². The minimum Gasteiger partial charge on any atom is -0.322 e. The number of carbonyl (C=O) groups is 2. The number of nitrogens with zero attached hydrogens (tertiary/aromatic N) is 3. The Morgan fingerprint density at radius 2 is 1.59 bits per heavy atom. The third kappa shape index (κ3) is 4.01. The lowest BCUT2D eigenvalue weighted by Gasteiger charge is -2.33. The van der Waals surface area contributed by atoms with Gasteiger partial charge in [-0.2, -0.15) is 4.31 Å². The number of amides is 2. The van der Waals surface area contributed by atoms with E-state index in [9.17, 15) is 28.1 Å². The molecule has 0 radical (unpaired) electrons. The lowest BCUT2D eigenvalue weighted by atomic mass is 10.2. The normalized spacial score (nSPS) is 20.7. The van der Waals surface area contributed by atoms with E-state index in [2.05, 4.69) is 0 Å². The van der Waals surface area contributed by atoms with Gasteiger partial charge < -0.3 is 4.90 Å². The van der Waals surface area contributed by atoms with Crippen LogP contribution in [0.2, 0.25) is 0 Å². The number of hydrogen-bond acceptors (Lipinski definition) is 6. The number of nitro groups is 1. The summed E-state index contributed by atoms with van der Waals surface area (Å²) in [6, 6.07) is 11.4. The number of nitrogens with one attached hydrogen (secondary N) is 1. The Morgan fingerprint density at radius 3 is 2.16 bits per heavy atom. The van der Waals surface area contributed by atoms with Gasteiger partial charge in [-0.3, -0.25) is 19.7 Å². The summed E-state index contributed by atoms with van der Waals surface area (Å²) in [5.41, 5.74) is 1.40. The molecule has 2 fully saturated rings. The summed E-state index contributed by atoms with van der Waals surface area (Å²) < 4.78 is 27.1. The van der Waals surface area contributed by atoms with E-state index in [0.29, 0.717) is 18.8 Å². The van der Waals surface area contributed by atoms with Crippen LogP contribution in [0.4, 0.5) is 11.4 Å². The van der Waals surface area contributed by atoms with E-state index < -0.39 is 21.0 Å². The van der Waals surface area contributed by atoms with Gasteiger partial charge in [0.25, 0.3) is 11.6 Å². The van der Waals surface area contributed by atoms with Crippen molar-refractivity contribution in [2.45, 2.75) is 24.3 Å². The van der Waals surface area contributed by atoms with Gasteiger partial charge in [0.05, 0.1) is 48.1 Å². The van der Waals surface area contributed by atoms with E-state index in [4.69, 9.17) is 0 Å². The second kappa shape index (κ2) is 8.41. The zero-order valence-corrected chi connectivity index (χ0v) is 18.2. The van der Waals surface area contributed by atoms with Crippen molar-refractivity contribution in [3.63, 3.8) is 0 Å². The number of nitro benzene ring substituents is 1. The van der Waals surface area contributed by atoms with Crippen molar-refractivity contribution >= 4 is 33.2 Å². The summed E-state index contributed by atoms with van der Waals surface area (Å²) in [5, 5.41) is 10.8. The Balaban J connectivity index is 1.43. The van der Waals surface area contributed by atoms with Gasteiger partial charge in [0.2, 0.25) is 15.9 Å². The molecule has 168 valence electrons. The van der Waals surface area contributed by atoms with Gasteiger partial charge in [-0.25, -0.2) is 13.3 Å². The molecule has 32 heavy (non-hydrogen) atoms. The molecule has 2 aliphatic heterocycles. The lowest BCUT2D eigenvalue weighted by molar-refractivity contribution is -0.918. The molecule has 0 bridgehead atoms. The maximum absolute atomic E-state index is 13.0. The molecule has 0 aliphatic carbocycles. The maximum Gasteiger partial charge on any atom is 0.292 e. The quantitative estimate of drug-likeness (QED) is 0.385. The highest BCUT2D eigenvalue weighted by atomic mass is 32.2. The first-order valence-electron chi connectivity index (χ1n) is 10.2. The molecule has 0 saturated carbocycles. The van der Waals surface area contributed by atoms with Crippen LogP contribution in [0.5, 0.6) is 0 Å². The molecule has 11 heteroatoms. The van der Waals surface area contributed by atoms with Gasteiger partial charge in [0.15, 0.2) is 6.04 Å². The van der Waals surface area contributed by atoms with Gasteiger partial charge in [0.1, 0.15) is 0 Å². The number of piperazine rings is 1. The van der Waals surface area contributed by atoms with Crippen molar-refractivity contribution < 1.29 is 27.8 Å². The number of hydrogen-bond donors (Lipinski definition) is 1. The van der Waals surface area contributed by atoms with E-state index in [-0.39, 0.29) is 41.9 Å². The summed E-state index contributed by atoms with van der Waals surface area (Å²) in [4.78, 5) is 37.8. The Morgan fingerprint density at radius 1 is 1.00 bits per heavy atom. The van der Waals surface area contributed by atoms with Crippen molar-refractivity contribution in [1.82, 2.24) is 4.31 Å². The van der Waals surface area contributed by atoms with Crippen LogP contribution in [0.3, 0.4) is 0 Å². The van der Waals surface area contributed by atoms with Crippen LogP contribution in [-0.2, 0) is 19.6 Å². The number of imide groups is 1. The average molecular weight is 460 g/mol. The molecule has 1 atom stereocenters. The molecule has 0 unspecified atom stereocenters. The smallest absolute Gasteiger partial charge is 0.292 e. The van der Waals surface area contributed by atoms with Crippen molar-refractivity contribution in [3.05, 3.63) is 64.2 Å². The Bertz CT molecular complexity index is 1160. The molecule has 1 N–H and O–H groups in total.